The van der Waals surface area contributed by atoms with Crippen LogP contribution in [0.25, 0.3) is 0 Å². The van der Waals surface area contributed by atoms with Gasteiger partial charge < -0.3 is 5.11 Å². The van der Waals surface area contributed by atoms with E-state index in [0.717, 1.165) is 0 Å². The van der Waals surface area contributed by atoms with Crippen molar-refractivity contribution in [3.8, 4) is 0 Å². The predicted molar refractivity (Wildman–Crippen MR) is 41.7 cm³/mol. The number of aliphatic carboxylic acids is 1. The second-order valence-electron chi connectivity index (χ2n) is 2.87. The van der Waals surface area contributed by atoms with Gasteiger partial charge in [-0.3, -0.25) is 0 Å². The Morgan fingerprint density at radius 1 is 1.25 bits per heavy atom. The summed E-state index contributed by atoms with van der Waals surface area (Å²) in [5.74, 6) is -4.39. The molecule has 16 heavy (non-hydrogen) atoms. The highest BCUT2D eigenvalue weighted by atomic mass is 19.4. The van der Waals surface area contributed by atoms with Gasteiger partial charge in [-0.05, 0) is 6.42 Å². The van der Waals surface area contributed by atoms with Crippen LogP contribution in [-0.2, 0) is 4.79 Å². The van der Waals surface area contributed by atoms with E-state index < -0.39 is 49.2 Å². The monoisotopic (exact) mass is 250 g/mol. The standard InChI is InChI=1S/C8H8F6O2/c9-4(2-1-3-5(10)11)6(7(15)16)8(12,13)14/h5H,1-3H2,(H,15,16). The van der Waals surface area contributed by atoms with E-state index in [9.17, 15) is 31.1 Å². The van der Waals surface area contributed by atoms with Gasteiger partial charge in [0.1, 0.15) is 5.83 Å². The smallest absolute Gasteiger partial charge is 0.425 e. The molecule has 0 fully saturated rings. The summed E-state index contributed by atoms with van der Waals surface area (Å²) in [5, 5.41) is 8.12. The van der Waals surface area contributed by atoms with Crippen molar-refractivity contribution in [1.29, 1.82) is 0 Å². The summed E-state index contributed by atoms with van der Waals surface area (Å²) in [5.41, 5.74) is -2.33. The van der Waals surface area contributed by atoms with E-state index in [1.165, 1.54) is 0 Å². The Balaban J connectivity index is 4.67. The number of alkyl halides is 5. The largest absolute Gasteiger partial charge is 0.478 e. The lowest BCUT2D eigenvalue weighted by Gasteiger charge is -2.08. The second kappa shape index (κ2) is 5.76. The van der Waals surface area contributed by atoms with Crippen molar-refractivity contribution < 1.29 is 36.2 Å². The Bertz CT molecular complexity index is 281. The highest BCUT2D eigenvalue weighted by Gasteiger charge is 2.42. The molecule has 0 aromatic rings. The van der Waals surface area contributed by atoms with Crippen LogP contribution in [0.2, 0.25) is 0 Å². The maximum absolute atomic E-state index is 12.8. The van der Waals surface area contributed by atoms with Crippen LogP contribution in [0.15, 0.2) is 11.4 Å². The maximum atomic E-state index is 12.8. The van der Waals surface area contributed by atoms with Gasteiger partial charge in [-0.1, -0.05) is 0 Å². The van der Waals surface area contributed by atoms with Crippen molar-refractivity contribution in [2.45, 2.75) is 31.9 Å². The fraction of sp³-hybridized carbons (Fsp3) is 0.625. The molecular formula is C8H8F6O2. The molecule has 0 saturated heterocycles. The van der Waals surface area contributed by atoms with Gasteiger partial charge in [0.25, 0.3) is 0 Å². The van der Waals surface area contributed by atoms with Gasteiger partial charge >= 0.3 is 12.1 Å². The SMILES string of the molecule is O=C(O)C(=C(F)CCCC(F)F)C(F)(F)F. The first-order valence-corrected chi connectivity index (χ1v) is 4.13. The van der Waals surface area contributed by atoms with Crippen molar-refractivity contribution in [3.05, 3.63) is 11.4 Å². The molecule has 0 rings (SSSR count). The van der Waals surface area contributed by atoms with E-state index in [0.29, 0.717) is 0 Å². The highest BCUT2D eigenvalue weighted by Crippen LogP contribution is 2.31. The van der Waals surface area contributed by atoms with E-state index in [2.05, 4.69) is 0 Å². The summed E-state index contributed by atoms with van der Waals surface area (Å²) in [6.45, 7) is 0. The van der Waals surface area contributed by atoms with Gasteiger partial charge in [-0.2, -0.15) is 13.2 Å². The van der Waals surface area contributed by atoms with Crippen LogP contribution in [0, 0.1) is 0 Å². The number of rotatable bonds is 5. The van der Waals surface area contributed by atoms with Crippen LogP contribution >= 0.6 is 0 Å². The first kappa shape index (κ1) is 14.8. The zero-order valence-corrected chi connectivity index (χ0v) is 7.82. The Morgan fingerprint density at radius 3 is 2.06 bits per heavy atom. The van der Waals surface area contributed by atoms with Crippen molar-refractivity contribution in [2.75, 3.05) is 0 Å². The topological polar surface area (TPSA) is 37.3 Å². The van der Waals surface area contributed by atoms with Crippen LogP contribution in [0.1, 0.15) is 19.3 Å². The van der Waals surface area contributed by atoms with Crippen LogP contribution in [-0.4, -0.2) is 23.7 Å². The molecule has 0 spiro atoms. The van der Waals surface area contributed by atoms with Crippen molar-refractivity contribution >= 4 is 5.97 Å². The number of hydrogen-bond donors (Lipinski definition) is 1. The molecule has 0 amide bonds. The summed E-state index contributed by atoms with van der Waals surface area (Å²) in [6, 6.07) is 0. The molecule has 0 aromatic carbocycles. The van der Waals surface area contributed by atoms with Gasteiger partial charge in [-0.15, -0.1) is 0 Å². The molecule has 0 bridgehead atoms. The number of carbonyl (C=O) groups is 1. The summed E-state index contributed by atoms with van der Waals surface area (Å²) < 4.78 is 71.9. The number of carboxylic acids is 1. The third-order valence-corrected chi connectivity index (χ3v) is 1.59. The molecule has 0 aliphatic carbocycles. The minimum atomic E-state index is -5.33. The molecule has 0 atom stereocenters. The van der Waals surface area contributed by atoms with Crippen molar-refractivity contribution in [2.24, 2.45) is 0 Å². The van der Waals surface area contributed by atoms with Gasteiger partial charge in [0, 0.05) is 12.8 Å². The van der Waals surface area contributed by atoms with E-state index >= 15 is 0 Å². The number of halogens is 6. The highest BCUT2D eigenvalue weighted by molar-refractivity contribution is 5.88. The molecule has 0 heterocycles. The molecule has 0 aliphatic heterocycles. The molecule has 0 unspecified atom stereocenters. The lowest BCUT2D eigenvalue weighted by Crippen LogP contribution is -2.21. The van der Waals surface area contributed by atoms with E-state index in [1.54, 1.807) is 0 Å². The molecular weight excluding hydrogens is 242 g/mol. The van der Waals surface area contributed by atoms with Crippen LogP contribution in [0.3, 0.4) is 0 Å². The Morgan fingerprint density at radius 2 is 1.75 bits per heavy atom. The lowest BCUT2D eigenvalue weighted by molar-refractivity contribution is -0.145. The number of carboxylic acid groups (broad SMARTS) is 1. The summed E-state index contributed by atoms with van der Waals surface area (Å²) in [6.07, 6.45) is -10.4. The molecule has 0 radical (unpaired) electrons. The molecule has 8 heteroatoms. The second-order valence-corrected chi connectivity index (χ2v) is 2.87. The fourth-order valence-corrected chi connectivity index (χ4v) is 0.928. The Kier molecular flexibility index (Phi) is 5.32. The van der Waals surface area contributed by atoms with Gasteiger partial charge in [-0.25, -0.2) is 18.0 Å². The third kappa shape index (κ3) is 5.04. The fourth-order valence-electron chi connectivity index (χ4n) is 0.928. The average Bonchev–Trinajstić information content (AvgIpc) is 1.98. The predicted octanol–water partition coefficient (Wildman–Crippen LogP) is 3.29. The van der Waals surface area contributed by atoms with Crippen LogP contribution in [0.5, 0.6) is 0 Å². The number of allylic oxidation sites excluding steroid dienone is 1. The minimum Gasteiger partial charge on any atom is -0.478 e. The minimum absolute atomic E-state index is 0.545. The Hall–Kier alpha value is -1.21. The van der Waals surface area contributed by atoms with Crippen LogP contribution < -0.4 is 0 Å². The molecule has 0 aromatic heterocycles. The third-order valence-electron chi connectivity index (χ3n) is 1.59. The first-order chi connectivity index (χ1) is 7.16. The lowest BCUT2D eigenvalue weighted by atomic mass is 10.1. The summed E-state index contributed by atoms with van der Waals surface area (Å²) in [7, 11) is 0. The van der Waals surface area contributed by atoms with E-state index in [-0.39, 0.29) is 0 Å². The summed E-state index contributed by atoms with van der Waals surface area (Å²) in [4.78, 5) is 10.1. The molecule has 1 N–H and O–H groups in total. The zero-order chi connectivity index (χ0) is 12.9. The Labute approximate surface area is 86.6 Å². The van der Waals surface area contributed by atoms with Gasteiger partial charge in [0.05, 0.1) is 0 Å². The quantitative estimate of drug-likeness (QED) is 0.600. The van der Waals surface area contributed by atoms with Gasteiger partial charge in [0.15, 0.2) is 5.57 Å². The number of hydrogen-bond acceptors (Lipinski definition) is 1. The molecule has 2 nitrogen and oxygen atoms in total. The summed E-state index contributed by atoms with van der Waals surface area (Å²) >= 11 is 0. The molecule has 0 saturated carbocycles. The van der Waals surface area contributed by atoms with Gasteiger partial charge in [0.2, 0.25) is 6.43 Å². The van der Waals surface area contributed by atoms with Crippen LogP contribution in [0.4, 0.5) is 26.3 Å². The molecule has 0 aliphatic rings. The molecule has 94 valence electrons. The van der Waals surface area contributed by atoms with E-state index in [1.807, 2.05) is 0 Å². The zero-order valence-electron chi connectivity index (χ0n) is 7.82. The maximum Gasteiger partial charge on any atom is 0.425 e. The van der Waals surface area contributed by atoms with E-state index in [4.69, 9.17) is 5.11 Å². The van der Waals surface area contributed by atoms with Crippen molar-refractivity contribution in [3.63, 3.8) is 0 Å². The normalized spacial score (nSPS) is 13.9. The average molecular weight is 250 g/mol. The first-order valence-electron chi connectivity index (χ1n) is 4.13. The van der Waals surface area contributed by atoms with Crippen molar-refractivity contribution in [1.82, 2.24) is 0 Å².